The van der Waals surface area contributed by atoms with E-state index in [1.807, 2.05) is 30.0 Å². The second-order valence-electron chi connectivity index (χ2n) is 7.17. The van der Waals surface area contributed by atoms with Crippen molar-refractivity contribution in [2.24, 2.45) is 0 Å². The molecule has 0 aliphatic carbocycles. The van der Waals surface area contributed by atoms with Crippen LogP contribution < -0.4 is 10.6 Å². The van der Waals surface area contributed by atoms with E-state index in [9.17, 15) is 14.4 Å². The van der Waals surface area contributed by atoms with Crippen LogP contribution in [0.4, 0.5) is 10.5 Å². The number of amides is 4. The van der Waals surface area contributed by atoms with Crippen LogP contribution in [0.2, 0.25) is 0 Å². The Balaban J connectivity index is 1.55. The van der Waals surface area contributed by atoms with Gasteiger partial charge in [-0.05, 0) is 36.5 Å². The van der Waals surface area contributed by atoms with Crippen molar-refractivity contribution in [3.05, 3.63) is 29.3 Å². The lowest BCUT2D eigenvalue weighted by atomic mass is 9.99. The highest BCUT2D eigenvalue weighted by Crippen LogP contribution is 2.24. The Morgan fingerprint density at radius 2 is 1.89 bits per heavy atom. The van der Waals surface area contributed by atoms with E-state index in [-0.39, 0.29) is 17.8 Å². The lowest BCUT2D eigenvalue weighted by molar-refractivity contribution is -0.130. The molecule has 0 spiro atoms. The molecule has 3 rings (SSSR count). The number of hydrogen-bond donors (Lipinski definition) is 2. The number of nitrogens with one attached hydrogen (secondary N) is 2. The smallest absolute Gasteiger partial charge is 0.317 e. The first-order chi connectivity index (χ1) is 13.1. The van der Waals surface area contributed by atoms with Crippen LogP contribution in [0.5, 0.6) is 0 Å². The van der Waals surface area contributed by atoms with Crippen LogP contribution in [0, 0.1) is 0 Å². The maximum atomic E-state index is 12.7. The van der Waals surface area contributed by atoms with Gasteiger partial charge in [0, 0.05) is 44.8 Å². The molecular weight excluding hydrogens is 344 g/mol. The molecule has 0 radical (unpaired) electrons. The number of fused-ring (bicyclic) bond motifs is 1. The van der Waals surface area contributed by atoms with Crippen LogP contribution >= 0.6 is 0 Å². The predicted molar refractivity (Wildman–Crippen MR) is 104 cm³/mol. The normalized spacial score (nSPS) is 17.0. The SMILES string of the molecule is CCCNC(=O)N1CCCN(C(=O)Cc2ccc3c(c2)CCC(=O)N3)CC1. The van der Waals surface area contributed by atoms with Crippen molar-refractivity contribution in [1.29, 1.82) is 0 Å². The first kappa shape index (κ1) is 19.2. The van der Waals surface area contributed by atoms with E-state index in [1.54, 1.807) is 4.90 Å². The zero-order valence-corrected chi connectivity index (χ0v) is 15.9. The summed E-state index contributed by atoms with van der Waals surface area (Å²) in [7, 11) is 0. The Labute approximate surface area is 160 Å². The van der Waals surface area contributed by atoms with Gasteiger partial charge in [0.15, 0.2) is 0 Å². The highest BCUT2D eigenvalue weighted by molar-refractivity contribution is 5.94. The van der Waals surface area contributed by atoms with Gasteiger partial charge in [-0.2, -0.15) is 0 Å². The number of carbonyl (C=O) groups is 3. The third kappa shape index (κ3) is 4.99. The van der Waals surface area contributed by atoms with Gasteiger partial charge in [-0.25, -0.2) is 4.79 Å². The summed E-state index contributed by atoms with van der Waals surface area (Å²) in [5.41, 5.74) is 2.91. The van der Waals surface area contributed by atoms with Crippen molar-refractivity contribution in [3.63, 3.8) is 0 Å². The maximum absolute atomic E-state index is 12.7. The summed E-state index contributed by atoms with van der Waals surface area (Å²) in [4.78, 5) is 40.0. The summed E-state index contributed by atoms with van der Waals surface area (Å²) in [5.74, 6) is 0.133. The Morgan fingerprint density at radius 3 is 2.70 bits per heavy atom. The Bertz CT molecular complexity index is 719. The van der Waals surface area contributed by atoms with Gasteiger partial charge in [0.2, 0.25) is 11.8 Å². The van der Waals surface area contributed by atoms with Crippen LogP contribution in [0.1, 0.15) is 37.3 Å². The lowest BCUT2D eigenvalue weighted by Gasteiger charge is -2.23. The van der Waals surface area contributed by atoms with Crippen molar-refractivity contribution < 1.29 is 14.4 Å². The number of rotatable bonds is 4. The molecule has 0 unspecified atom stereocenters. The quantitative estimate of drug-likeness (QED) is 0.845. The summed E-state index contributed by atoms with van der Waals surface area (Å²) in [6.07, 6.45) is 3.26. The molecule has 0 bridgehead atoms. The van der Waals surface area contributed by atoms with Crippen LogP contribution in [-0.4, -0.2) is 60.4 Å². The van der Waals surface area contributed by atoms with Crippen molar-refractivity contribution >= 4 is 23.5 Å². The van der Waals surface area contributed by atoms with Gasteiger partial charge in [0.1, 0.15) is 0 Å². The zero-order valence-electron chi connectivity index (χ0n) is 15.9. The molecule has 7 heteroatoms. The van der Waals surface area contributed by atoms with Crippen LogP contribution in [-0.2, 0) is 22.4 Å². The summed E-state index contributed by atoms with van der Waals surface area (Å²) in [6, 6.07) is 5.78. The van der Waals surface area contributed by atoms with Gasteiger partial charge in [0.25, 0.3) is 0 Å². The van der Waals surface area contributed by atoms with E-state index < -0.39 is 0 Å². The highest BCUT2D eigenvalue weighted by atomic mass is 16.2. The topological polar surface area (TPSA) is 81.8 Å². The Kier molecular flexibility index (Phi) is 6.32. The molecule has 1 saturated heterocycles. The number of benzene rings is 1. The van der Waals surface area contributed by atoms with Crippen LogP contribution in [0.15, 0.2) is 18.2 Å². The number of urea groups is 1. The van der Waals surface area contributed by atoms with E-state index >= 15 is 0 Å². The molecule has 1 fully saturated rings. The molecule has 2 N–H and O–H groups in total. The third-order valence-electron chi connectivity index (χ3n) is 5.08. The number of aryl methyl sites for hydroxylation is 1. The molecule has 0 saturated carbocycles. The monoisotopic (exact) mass is 372 g/mol. The van der Waals surface area contributed by atoms with Crippen LogP contribution in [0.3, 0.4) is 0 Å². The fourth-order valence-electron chi connectivity index (χ4n) is 3.55. The average Bonchev–Trinajstić information content (AvgIpc) is 2.92. The molecule has 1 aromatic rings. The summed E-state index contributed by atoms with van der Waals surface area (Å²) >= 11 is 0. The minimum absolute atomic E-state index is 0.0390. The summed E-state index contributed by atoms with van der Waals surface area (Å²) in [5, 5.41) is 5.76. The standard InChI is InChI=1S/C20H28N4O3/c1-2-8-21-20(27)24-10-3-9-23(11-12-24)19(26)14-15-4-6-17-16(13-15)5-7-18(25)22-17/h4,6,13H,2-3,5,7-12,14H2,1H3,(H,21,27)(H,22,25). The minimum atomic E-state index is -0.0390. The van der Waals surface area contributed by atoms with E-state index in [0.29, 0.717) is 45.6 Å². The van der Waals surface area contributed by atoms with Gasteiger partial charge in [-0.1, -0.05) is 19.1 Å². The van der Waals surface area contributed by atoms with E-state index in [0.717, 1.165) is 36.1 Å². The van der Waals surface area contributed by atoms with Gasteiger partial charge in [-0.3, -0.25) is 9.59 Å². The second kappa shape index (κ2) is 8.88. The maximum Gasteiger partial charge on any atom is 0.317 e. The Morgan fingerprint density at radius 1 is 1.11 bits per heavy atom. The number of carbonyl (C=O) groups excluding carboxylic acids is 3. The predicted octanol–water partition coefficient (Wildman–Crippen LogP) is 1.77. The molecule has 0 atom stereocenters. The second-order valence-corrected chi connectivity index (χ2v) is 7.17. The molecule has 146 valence electrons. The van der Waals surface area contributed by atoms with Gasteiger partial charge in [-0.15, -0.1) is 0 Å². The number of hydrogen-bond acceptors (Lipinski definition) is 3. The van der Waals surface area contributed by atoms with Gasteiger partial charge in [0.05, 0.1) is 6.42 Å². The molecule has 0 aromatic heterocycles. The average molecular weight is 372 g/mol. The highest BCUT2D eigenvalue weighted by Gasteiger charge is 2.22. The molecule has 7 nitrogen and oxygen atoms in total. The first-order valence-corrected chi connectivity index (χ1v) is 9.79. The minimum Gasteiger partial charge on any atom is -0.341 e. The van der Waals surface area contributed by atoms with E-state index in [4.69, 9.17) is 0 Å². The van der Waals surface area contributed by atoms with Crippen molar-refractivity contribution in [3.8, 4) is 0 Å². The van der Waals surface area contributed by atoms with E-state index in [1.165, 1.54) is 0 Å². The van der Waals surface area contributed by atoms with Crippen molar-refractivity contribution in [1.82, 2.24) is 15.1 Å². The van der Waals surface area contributed by atoms with Crippen LogP contribution in [0.25, 0.3) is 0 Å². The lowest BCUT2D eigenvalue weighted by Crippen LogP contribution is -2.43. The Hall–Kier alpha value is -2.57. The molecule has 1 aromatic carbocycles. The zero-order chi connectivity index (χ0) is 19.2. The molecular formula is C20H28N4O3. The fraction of sp³-hybridized carbons (Fsp3) is 0.550. The number of nitrogens with zero attached hydrogens (tertiary/aromatic N) is 2. The number of anilines is 1. The van der Waals surface area contributed by atoms with Crippen molar-refractivity contribution in [2.75, 3.05) is 38.0 Å². The molecule has 2 heterocycles. The fourth-order valence-corrected chi connectivity index (χ4v) is 3.55. The summed E-state index contributed by atoms with van der Waals surface area (Å²) < 4.78 is 0. The molecule has 4 amide bonds. The van der Waals surface area contributed by atoms with Crippen molar-refractivity contribution in [2.45, 2.75) is 39.0 Å². The third-order valence-corrected chi connectivity index (χ3v) is 5.08. The largest absolute Gasteiger partial charge is 0.341 e. The van der Waals surface area contributed by atoms with Gasteiger partial charge >= 0.3 is 6.03 Å². The summed E-state index contributed by atoms with van der Waals surface area (Å²) in [6.45, 7) is 5.20. The first-order valence-electron chi connectivity index (χ1n) is 9.79. The van der Waals surface area contributed by atoms with E-state index in [2.05, 4.69) is 10.6 Å². The van der Waals surface area contributed by atoms with Gasteiger partial charge < -0.3 is 20.4 Å². The molecule has 2 aliphatic rings. The molecule has 2 aliphatic heterocycles. The molecule has 27 heavy (non-hydrogen) atoms.